The van der Waals surface area contributed by atoms with Crippen LogP contribution in [0.5, 0.6) is 11.5 Å². The van der Waals surface area contributed by atoms with Gasteiger partial charge in [-0.15, -0.1) is 12.6 Å². The maximum atomic E-state index is 13.7. The summed E-state index contributed by atoms with van der Waals surface area (Å²) >= 11 is 4.16. The number of nitrogens with one attached hydrogen (secondary N) is 2. The Morgan fingerprint density at radius 2 is 2.00 bits per heavy atom. The summed E-state index contributed by atoms with van der Waals surface area (Å²) in [6.45, 7) is 8.17. The standard InChI is InChI=1S/C30H35FN3O2PS/c1-4-26(23-9-12-27(36-19-38)20(2)15-23)32-14-13-25-16-28-30(29(34-25)22-7-10-24(31)11-8-22)35-18-37(28,3)33-17-21-5-6-21/h4,7-12,15-16,21,32-33H,5-6,13-14,17-19H2,1-3H3/p+1. The van der Waals surface area contributed by atoms with Crippen LogP contribution in [0.4, 0.5) is 4.39 Å². The van der Waals surface area contributed by atoms with Gasteiger partial charge < -0.3 is 14.8 Å². The Kier molecular flexibility index (Phi) is 8.27. The highest BCUT2D eigenvalue weighted by Gasteiger charge is 2.47. The molecule has 0 radical (unpaired) electrons. The van der Waals surface area contributed by atoms with Gasteiger partial charge in [-0.3, -0.25) is 0 Å². The van der Waals surface area contributed by atoms with Crippen LogP contribution in [0.3, 0.4) is 0 Å². The third-order valence-electron chi connectivity index (χ3n) is 7.24. The van der Waals surface area contributed by atoms with Gasteiger partial charge in [0.05, 0.1) is 6.66 Å². The third kappa shape index (κ3) is 6.01. The summed E-state index contributed by atoms with van der Waals surface area (Å²) in [4.78, 5) is 5.02. The van der Waals surface area contributed by atoms with Gasteiger partial charge >= 0.3 is 0 Å². The van der Waals surface area contributed by atoms with E-state index in [0.717, 1.165) is 70.7 Å². The number of hydrogen-bond acceptors (Lipinski definition) is 6. The number of aromatic nitrogens is 1. The van der Waals surface area contributed by atoms with E-state index >= 15 is 0 Å². The Morgan fingerprint density at radius 3 is 2.68 bits per heavy atom. The molecule has 1 aliphatic heterocycles. The van der Waals surface area contributed by atoms with E-state index in [2.05, 4.69) is 54.0 Å². The van der Waals surface area contributed by atoms with Crippen molar-refractivity contribution in [3.63, 3.8) is 0 Å². The first-order valence-corrected chi connectivity index (χ1v) is 16.2. The van der Waals surface area contributed by atoms with E-state index in [1.165, 1.54) is 30.3 Å². The Bertz CT molecular complexity index is 1330. The van der Waals surface area contributed by atoms with Crippen molar-refractivity contribution >= 4 is 31.0 Å². The number of pyridine rings is 1. The molecule has 1 fully saturated rings. The van der Waals surface area contributed by atoms with Crippen molar-refractivity contribution in [1.82, 2.24) is 15.4 Å². The second kappa shape index (κ2) is 11.6. The van der Waals surface area contributed by atoms with E-state index in [1.807, 2.05) is 19.9 Å². The van der Waals surface area contributed by atoms with E-state index in [4.69, 9.17) is 14.5 Å². The molecule has 1 saturated carbocycles. The number of halogens is 1. The summed E-state index contributed by atoms with van der Waals surface area (Å²) in [6.07, 6.45) is 6.13. The van der Waals surface area contributed by atoms with Gasteiger partial charge in [0.1, 0.15) is 23.2 Å². The largest absolute Gasteiger partial charge is 0.483 e. The lowest BCUT2D eigenvalue weighted by Crippen LogP contribution is -2.26. The van der Waals surface area contributed by atoms with E-state index in [1.54, 1.807) is 12.1 Å². The molecule has 200 valence electrons. The molecule has 2 heterocycles. The van der Waals surface area contributed by atoms with Crippen LogP contribution in [0, 0.1) is 18.7 Å². The van der Waals surface area contributed by atoms with Gasteiger partial charge in [0, 0.05) is 42.5 Å². The molecule has 0 spiro atoms. The van der Waals surface area contributed by atoms with Crippen molar-refractivity contribution in [2.75, 3.05) is 32.0 Å². The molecule has 0 bridgehead atoms. The number of benzene rings is 2. The molecule has 8 heteroatoms. The SMILES string of the molecule is CC=C(NCCc1cc2c(c(-c3ccc(F)cc3)n1)OC[P+]2(C)NCC1CC1)c1ccc(OCS)c(C)c1. The summed E-state index contributed by atoms with van der Waals surface area (Å²) in [5.74, 6) is 2.58. The van der Waals surface area contributed by atoms with Crippen LogP contribution >= 0.6 is 20.0 Å². The summed E-state index contributed by atoms with van der Waals surface area (Å²) < 4.78 is 25.5. The number of hydrogen-bond donors (Lipinski definition) is 3. The van der Waals surface area contributed by atoms with Crippen LogP contribution < -0.4 is 25.2 Å². The topological polar surface area (TPSA) is 55.4 Å². The molecule has 38 heavy (non-hydrogen) atoms. The molecule has 1 unspecified atom stereocenters. The van der Waals surface area contributed by atoms with E-state index in [0.29, 0.717) is 12.3 Å². The van der Waals surface area contributed by atoms with Gasteiger partial charge in [0.25, 0.3) is 0 Å². The second-order valence-corrected chi connectivity index (χ2v) is 13.9. The average molecular weight is 553 g/mol. The van der Waals surface area contributed by atoms with E-state index < -0.39 is 7.41 Å². The Hall–Kier alpha value is -2.60. The van der Waals surface area contributed by atoms with Crippen LogP contribution in [0.2, 0.25) is 0 Å². The van der Waals surface area contributed by atoms with Gasteiger partial charge in [-0.05, 0) is 86.2 Å². The van der Waals surface area contributed by atoms with Gasteiger partial charge in [-0.1, -0.05) is 6.08 Å². The van der Waals surface area contributed by atoms with Gasteiger partial charge in [-0.2, -0.15) is 5.09 Å². The summed E-state index contributed by atoms with van der Waals surface area (Å²) in [7, 11) is -1.66. The highest BCUT2D eigenvalue weighted by molar-refractivity contribution is 7.81. The molecule has 1 atom stereocenters. The van der Waals surface area contributed by atoms with E-state index in [9.17, 15) is 4.39 Å². The molecule has 2 aromatic carbocycles. The maximum absolute atomic E-state index is 13.7. The number of ether oxygens (including phenoxy) is 2. The first-order chi connectivity index (χ1) is 18.4. The number of nitrogens with zero attached hydrogens (tertiary/aromatic N) is 1. The predicted octanol–water partition coefficient (Wildman–Crippen LogP) is 6.19. The molecule has 2 N–H and O–H groups in total. The fraction of sp³-hybridized carbons (Fsp3) is 0.367. The van der Waals surface area contributed by atoms with Gasteiger partial charge in [0.15, 0.2) is 18.5 Å². The number of aryl methyl sites for hydroxylation is 1. The van der Waals surface area contributed by atoms with Gasteiger partial charge in [-0.25, -0.2) is 9.37 Å². The molecule has 5 rings (SSSR count). The minimum Gasteiger partial charge on any atom is -0.483 e. The smallest absolute Gasteiger partial charge is 0.216 e. The highest BCUT2D eigenvalue weighted by Crippen LogP contribution is 2.58. The zero-order valence-corrected chi connectivity index (χ0v) is 24.0. The molecule has 5 nitrogen and oxygen atoms in total. The van der Waals surface area contributed by atoms with Crippen LogP contribution in [-0.2, 0) is 6.42 Å². The van der Waals surface area contributed by atoms with Crippen molar-refractivity contribution in [2.45, 2.75) is 33.1 Å². The lowest BCUT2D eigenvalue weighted by Gasteiger charge is -2.17. The Morgan fingerprint density at radius 1 is 1.21 bits per heavy atom. The summed E-state index contributed by atoms with van der Waals surface area (Å²) in [5.41, 5.74) is 5.93. The van der Waals surface area contributed by atoms with Crippen molar-refractivity contribution in [2.24, 2.45) is 5.92 Å². The van der Waals surface area contributed by atoms with Crippen molar-refractivity contribution in [3.05, 3.63) is 77.2 Å². The highest BCUT2D eigenvalue weighted by atomic mass is 32.1. The first-order valence-electron chi connectivity index (χ1n) is 13.2. The monoisotopic (exact) mass is 552 g/mol. The van der Waals surface area contributed by atoms with Crippen molar-refractivity contribution in [3.8, 4) is 22.8 Å². The molecule has 0 amide bonds. The number of rotatable bonds is 11. The average Bonchev–Trinajstić information content (AvgIpc) is 3.70. The minimum absolute atomic E-state index is 0.255. The minimum atomic E-state index is -1.66. The predicted molar refractivity (Wildman–Crippen MR) is 159 cm³/mol. The Balaban J connectivity index is 1.37. The fourth-order valence-electron chi connectivity index (χ4n) is 4.80. The molecule has 2 aliphatic rings. The number of fused-ring (bicyclic) bond motifs is 1. The lowest BCUT2D eigenvalue weighted by atomic mass is 10.1. The normalized spacial score (nSPS) is 18.7. The fourth-order valence-corrected chi connectivity index (χ4v) is 7.44. The molecule has 1 aromatic heterocycles. The van der Waals surface area contributed by atoms with E-state index in [-0.39, 0.29) is 5.82 Å². The van der Waals surface area contributed by atoms with Crippen molar-refractivity contribution in [1.29, 1.82) is 0 Å². The maximum Gasteiger partial charge on any atom is 0.216 e. The van der Waals surface area contributed by atoms with Crippen molar-refractivity contribution < 1.29 is 13.9 Å². The quantitative estimate of drug-likeness (QED) is 0.150. The molecular formula is C30H36FN3O2PS+. The summed E-state index contributed by atoms with van der Waals surface area (Å²) in [6, 6.07) is 15.0. The first kappa shape index (κ1) is 27.0. The van der Waals surface area contributed by atoms with Crippen LogP contribution in [0.15, 0.2) is 54.6 Å². The molecule has 3 aromatic rings. The Labute approximate surface area is 231 Å². The number of allylic oxidation sites excluding steroid dienone is 1. The zero-order valence-electron chi connectivity index (χ0n) is 22.3. The van der Waals surface area contributed by atoms with Gasteiger partial charge in [0.2, 0.25) is 6.35 Å². The summed E-state index contributed by atoms with van der Waals surface area (Å²) in [5, 5.41) is 8.71. The molecule has 1 aliphatic carbocycles. The number of thiol groups is 1. The zero-order chi connectivity index (χ0) is 26.7. The van der Waals surface area contributed by atoms with Crippen LogP contribution in [0.1, 0.15) is 36.6 Å². The third-order valence-corrected chi connectivity index (χ3v) is 10.3. The second-order valence-electron chi connectivity index (χ2n) is 10.2. The van der Waals surface area contributed by atoms with Crippen LogP contribution in [-0.4, -0.2) is 37.0 Å². The molecular weight excluding hydrogens is 516 g/mol. The lowest BCUT2D eigenvalue weighted by molar-refractivity contribution is 0.392. The molecule has 0 saturated heterocycles. The van der Waals surface area contributed by atoms with Crippen LogP contribution in [0.25, 0.3) is 17.0 Å².